The van der Waals surface area contributed by atoms with Gasteiger partial charge >= 0.3 is 0 Å². The average Bonchev–Trinajstić information content (AvgIpc) is 2.27. The molecule has 0 atom stereocenters. The summed E-state index contributed by atoms with van der Waals surface area (Å²) >= 11 is 9.15. The van der Waals surface area contributed by atoms with Gasteiger partial charge < -0.3 is 10.6 Å². The monoisotopic (exact) mass is 318 g/mol. The van der Waals surface area contributed by atoms with Crippen molar-refractivity contribution in [2.45, 2.75) is 19.9 Å². The standard InChI is InChI=1S/C12H16BrClN2O/c1-8(2)15-5-6-16-12(17)9-3-4-11(14)10(13)7-9/h3-4,7-8,15H,5-6H2,1-2H3,(H,16,17). The van der Waals surface area contributed by atoms with E-state index < -0.39 is 0 Å². The first-order chi connectivity index (χ1) is 8.00. The third-order valence-electron chi connectivity index (χ3n) is 2.14. The third-order valence-corrected chi connectivity index (χ3v) is 3.36. The second kappa shape index (κ2) is 6.99. The van der Waals surface area contributed by atoms with E-state index in [-0.39, 0.29) is 5.91 Å². The summed E-state index contributed by atoms with van der Waals surface area (Å²) in [6.45, 7) is 5.51. The predicted octanol–water partition coefficient (Wildman–Crippen LogP) is 2.83. The third kappa shape index (κ3) is 5.06. The van der Waals surface area contributed by atoms with E-state index in [4.69, 9.17) is 11.6 Å². The van der Waals surface area contributed by atoms with Crippen molar-refractivity contribution in [1.82, 2.24) is 10.6 Å². The lowest BCUT2D eigenvalue weighted by atomic mass is 10.2. The van der Waals surface area contributed by atoms with Crippen LogP contribution in [0.5, 0.6) is 0 Å². The molecule has 2 N–H and O–H groups in total. The molecule has 0 aliphatic carbocycles. The first-order valence-corrected chi connectivity index (χ1v) is 6.64. The largest absolute Gasteiger partial charge is 0.351 e. The molecule has 0 fully saturated rings. The summed E-state index contributed by atoms with van der Waals surface area (Å²) in [5.74, 6) is -0.0899. The van der Waals surface area contributed by atoms with Gasteiger partial charge in [-0.1, -0.05) is 25.4 Å². The molecule has 0 aliphatic rings. The van der Waals surface area contributed by atoms with Crippen molar-refractivity contribution in [3.63, 3.8) is 0 Å². The molecule has 1 amide bonds. The van der Waals surface area contributed by atoms with E-state index in [1.165, 1.54) is 0 Å². The van der Waals surface area contributed by atoms with Crippen LogP contribution in [0.3, 0.4) is 0 Å². The lowest BCUT2D eigenvalue weighted by Crippen LogP contribution is -2.34. The number of halogens is 2. The molecule has 17 heavy (non-hydrogen) atoms. The van der Waals surface area contributed by atoms with Gasteiger partial charge in [0.05, 0.1) is 5.02 Å². The van der Waals surface area contributed by atoms with Crippen LogP contribution in [0.1, 0.15) is 24.2 Å². The number of nitrogens with one attached hydrogen (secondary N) is 2. The summed E-state index contributed by atoms with van der Waals surface area (Å²) in [5, 5.41) is 6.66. The molecular formula is C12H16BrClN2O. The number of hydrogen-bond acceptors (Lipinski definition) is 2. The Morgan fingerprint density at radius 3 is 2.71 bits per heavy atom. The van der Waals surface area contributed by atoms with Gasteiger partial charge in [0.1, 0.15) is 0 Å². The van der Waals surface area contributed by atoms with Crippen LogP contribution in [-0.2, 0) is 0 Å². The highest BCUT2D eigenvalue weighted by atomic mass is 79.9. The molecule has 3 nitrogen and oxygen atoms in total. The van der Waals surface area contributed by atoms with Gasteiger partial charge in [-0.15, -0.1) is 0 Å². The Morgan fingerprint density at radius 1 is 1.41 bits per heavy atom. The highest BCUT2D eigenvalue weighted by Crippen LogP contribution is 2.22. The number of benzene rings is 1. The summed E-state index contributed by atoms with van der Waals surface area (Å²) in [6.07, 6.45) is 0. The minimum atomic E-state index is -0.0899. The second-order valence-corrected chi connectivity index (χ2v) is 5.26. The van der Waals surface area contributed by atoms with Crippen LogP contribution < -0.4 is 10.6 Å². The van der Waals surface area contributed by atoms with Crippen molar-refractivity contribution in [1.29, 1.82) is 0 Å². The molecule has 1 aromatic carbocycles. The zero-order valence-electron chi connectivity index (χ0n) is 9.89. The Kier molecular flexibility index (Phi) is 5.95. The first-order valence-electron chi connectivity index (χ1n) is 5.47. The Bertz CT molecular complexity index is 396. The number of amides is 1. The molecule has 0 unspecified atom stereocenters. The van der Waals surface area contributed by atoms with Gasteiger partial charge in [0.25, 0.3) is 5.91 Å². The summed E-state index contributed by atoms with van der Waals surface area (Å²) in [6, 6.07) is 5.55. The van der Waals surface area contributed by atoms with Crippen LogP contribution in [0.15, 0.2) is 22.7 Å². The summed E-state index contributed by atoms with van der Waals surface area (Å²) < 4.78 is 0.729. The molecule has 5 heteroatoms. The average molecular weight is 320 g/mol. The zero-order valence-corrected chi connectivity index (χ0v) is 12.2. The van der Waals surface area contributed by atoms with Gasteiger partial charge in [-0.05, 0) is 34.1 Å². The molecule has 0 saturated carbocycles. The summed E-state index contributed by atoms with van der Waals surface area (Å²) in [4.78, 5) is 11.8. The van der Waals surface area contributed by atoms with Gasteiger partial charge in [0, 0.05) is 29.2 Å². The van der Waals surface area contributed by atoms with E-state index in [9.17, 15) is 4.79 Å². The minimum absolute atomic E-state index is 0.0899. The predicted molar refractivity (Wildman–Crippen MR) is 74.6 cm³/mol. The molecule has 0 bridgehead atoms. The Balaban J connectivity index is 2.44. The van der Waals surface area contributed by atoms with E-state index in [0.717, 1.165) is 11.0 Å². The van der Waals surface area contributed by atoms with Crippen molar-refractivity contribution in [2.75, 3.05) is 13.1 Å². The molecule has 1 rings (SSSR count). The fourth-order valence-electron chi connectivity index (χ4n) is 1.28. The number of carbonyl (C=O) groups is 1. The highest BCUT2D eigenvalue weighted by molar-refractivity contribution is 9.10. The highest BCUT2D eigenvalue weighted by Gasteiger charge is 2.06. The number of carbonyl (C=O) groups excluding carboxylic acids is 1. The van der Waals surface area contributed by atoms with Crippen molar-refractivity contribution in [3.8, 4) is 0 Å². The maximum atomic E-state index is 11.8. The minimum Gasteiger partial charge on any atom is -0.351 e. The van der Waals surface area contributed by atoms with Crippen LogP contribution in [0.4, 0.5) is 0 Å². The van der Waals surface area contributed by atoms with Crippen molar-refractivity contribution in [3.05, 3.63) is 33.3 Å². The molecule has 94 valence electrons. The van der Waals surface area contributed by atoms with Gasteiger partial charge in [-0.25, -0.2) is 0 Å². The lowest BCUT2D eigenvalue weighted by Gasteiger charge is -2.09. The van der Waals surface area contributed by atoms with Crippen molar-refractivity contribution >= 4 is 33.4 Å². The van der Waals surface area contributed by atoms with Crippen LogP contribution in [-0.4, -0.2) is 25.0 Å². The topological polar surface area (TPSA) is 41.1 Å². The molecule has 0 aliphatic heterocycles. The summed E-state index contributed by atoms with van der Waals surface area (Å²) in [5.41, 5.74) is 0.603. The Hall–Kier alpha value is -0.580. The van der Waals surface area contributed by atoms with E-state index in [1.54, 1.807) is 18.2 Å². The van der Waals surface area contributed by atoms with Gasteiger partial charge in [0.2, 0.25) is 0 Å². The second-order valence-electron chi connectivity index (χ2n) is 3.99. The maximum absolute atomic E-state index is 11.8. The fraction of sp³-hybridized carbons (Fsp3) is 0.417. The quantitative estimate of drug-likeness (QED) is 0.819. The first kappa shape index (κ1) is 14.5. The van der Waals surface area contributed by atoms with Crippen molar-refractivity contribution < 1.29 is 4.79 Å². The molecule has 1 aromatic rings. The van der Waals surface area contributed by atoms with E-state index in [0.29, 0.717) is 23.2 Å². The van der Waals surface area contributed by atoms with Gasteiger partial charge in [0.15, 0.2) is 0 Å². The molecule has 0 heterocycles. The molecule has 0 spiro atoms. The lowest BCUT2D eigenvalue weighted by molar-refractivity contribution is 0.0953. The van der Waals surface area contributed by atoms with Crippen LogP contribution in [0.25, 0.3) is 0 Å². The molecule has 0 saturated heterocycles. The normalized spacial score (nSPS) is 10.6. The molecular weight excluding hydrogens is 304 g/mol. The Morgan fingerprint density at radius 2 is 2.12 bits per heavy atom. The molecule has 0 aromatic heterocycles. The van der Waals surface area contributed by atoms with E-state index >= 15 is 0 Å². The smallest absolute Gasteiger partial charge is 0.251 e. The Labute approximate surface area is 115 Å². The van der Waals surface area contributed by atoms with Gasteiger partial charge in [-0.3, -0.25) is 4.79 Å². The van der Waals surface area contributed by atoms with Gasteiger partial charge in [-0.2, -0.15) is 0 Å². The van der Waals surface area contributed by atoms with E-state index in [1.807, 2.05) is 0 Å². The zero-order chi connectivity index (χ0) is 12.8. The van der Waals surface area contributed by atoms with Crippen LogP contribution >= 0.6 is 27.5 Å². The SMILES string of the molecule is CC(C)NCCNC(=O)c1ccc(Cl)c(Br)c1. The van der Waals surface area contributed by atoms with Crippen LogP contribution in [0, 0.1) is 0 Å². The van der Waals surface area contributed by atoms with E-state index in [2.05, 4.69) is 40.4 Å². The van der Waals surface area contributed by atoms with Crippen molar-refractivity contribution in [2.24, 2.45) is 0 Å². The maximum Gasteiger partial charge on any atom is 0.251 e. The number of hydrogen-bond donors (Lipinski definition) is 2. The van der Waals surface area contributed by atoms with Crippen LogP contribution in [0.2, 0.25) is 5.02 Å². The fourth-order valence-corrected chi connectivity index (χ4v) is 1.77. The number of rotatable bonds is 5. The molecule has 0 radical (unpaired) electrons. The summed E-state index contributed by atoms with van der Waals surface area (Å²) in [7, 11) is 0.